The highest BCUT2D eigenvalue weighted by molar-refractivity contribution is 6.99. The Kier molecular flexibility index (Phi) is 16.8. The van der Waals surface area contributed by atoms with Crippen molar-refractivity contribution in [1.82, 2.24) is 25.8 Å². The third-order valence-corrected chi connectivity index (χ3v) is 18.5. The molecule has 66 heavy (non-hydrogen) atoms. The predicted molar refractivity (Wildman–Crippen MR) is 258 cm³/mol. The maximum Gasteiger partial charge on any atom is 0.262 e. The normalized spacial score (nSPS) is 22.7. The first-order valence-corrected chi connectivity index (χ1v) is 25.7. The third-order valence-electron chi connectivity index (χ3n) is 13.4. The van der Waals surface area contributed by atoms with E-state index in [0.717, 1.165) is 48.3 Å². The number of ketones is 1. The van der Waals surface area contributed by atoms with Gasteiger partial charge in [-0.1, -0.05) is 107 Å². The molecule has 0 spiro atoms. The molecule has 0 unspecified atom stereocenters. The zero-order chi connectivity index (χ0) is 47.5. The SMILES string of the molecule is CC[C@]1(C)NC(=O)[C@H](CCC/C=C/C(=O)[C@H](C)O[Si](c2ccccc2)(c2ccccc2)C(C)(C)C)NC(=O)[C@H]2CCCN2C(=O)[C@H](Cc2ccc(OCC(=O)N3CCCCC3)cc2)NC1=O. The Labute approximate surface area is 391 Å². The Morgan fingerprint density at radius 1 is 0.833 bits per heavy atom. The average Bonchev–Trinajstić information content (AvgIpc) is 3.82. The lowest BCUT2D eigenvalue weighted by molar-refractivity contribution is -0.144. The van der Waals surface area contributed by atoms with Crippen LogP contribution < -0.4 is 31.1 Å². The summed E-state index contributed by atoms with van der Waals surface area (Å²) in [5, 5.41) is 10.6. The van der Waals surface area contributed by atoms with Gasteiger partial charge in [0.05, 0.1) is 0 Å². The molecule has 6 rings (SSSR count). The van der Waals surface area contributed by atoms with E-state index in [1.54, 1.807) is 57.2 Å². The van der Waals surface area contributed by atoms with Crippen LogP contribution in [0.15, 0.2) is 97.1 Å². The van der Waals surface area contributed by atoms with Crippen molar-refractivity contribution in [2.24, 2.45) is 0 Å². The van der Waals surface area contributed by atoms with Crippen LogP contribution in [0.4, 0.5) is 0 Å². The molecule has 3 heterocycles. The second-order valence-corrected chi connectivity index (χ2v) is 23.4. The van der Waals surface area contributed by atoms with Crippen LogP contribution in [0.3, 0.4) is 0 Å². The number of rotatable bonds is 16. The molecule has 3 aromatic rings. The lowest BCUT2D eigenvalue weighted by Gasteiger charge is -2.44. The number of benzene rings is 3. The Bertz CT molecular complexity index is 2150. The zero-order valence-electron chi connectivity index (χ0n) is 39.6. The topological polar surface area (TPSA) is 163 Å². The van der Waals surface area contributed by atoms with Crippen LogP contribution in [0, 0.1) is 0 Å². The van der Waals surface area contributed by atoms with Gasteiger partial charge in [-0.05, 0) is 111 Å². The van der Waals surface area contributed by atoms with Crippen LogP contribution in [-0.4, -0.2) is 109 Å². The highest BCUT2D eigenvalue weighted by atomic mass is 28.4. The predicted octanol–water partition coefficient (Wildman–Crippen LogP) is 5.14. The van der Waals surface area contributed by atoms with Crippen molar-refractivity contribution in [3.63, 3.8) is 0 Å². The maximum absolute atomic E-state index is 14.3. The maximum atomic E-state index is 14.3. The van der Waals surface area contributed by atoms with Crippen molar-refractivity contribution in [2.75, 3.05) is 26.2 Å². The first-order chi connectivity index (χ1) is 31.6. The van der Waals surface area contributed by atoms with E-state index in [1.807, 2.05) is 41.3 Å². The number of piperidine rings is 1. The van der Waals surface area contributed by atoms with Gasteiger partial charge < -0.3 is 34.9 Å². The van der Waals surface area contributed by atoms with E-state index < -0.39 is 55.8 Å². The molecule has 0 radical (unpaired) electrons. The van der Waals surface area contributed by atoms with E-state index in [4.69, 9.17) is 9.16 Å². The van der Waals surface area contributed by atoms with Gasteiger partial charge >= 0.3 is 0 Å². The first-order valence-electron chi connectivity index (χ1n) is 23.8. The molecule has 5 atom stereocenters. The van der Waals surface area contributed by atoms with Crippen LogP contribution in [-0.2, 0) is 39.6 Å². The zero-order valence-corrected chi connectivity index (χ0v) is 40.6. The number of nitrogens with zero attached hydrogens (tertiary/aromatic N) is 2. The molecule has 3 aromatic carbocycles. The number of allylic oxidation sites excluding steroid dienone is 1. The summed E-state index contributed by atoms with van der Waals surface area (Å²) in [6, 6.07) is 24.6. The molecule has 3 aliphatic rings. The molecule has 13 nitrogen and oxygen atoms in total. The molecule has 0 saturated carbocycles. The number of carbonyl (C=O) groups is 6. The molecule has 0 aromatic heterocycles. The second kappa shape index (κ2) is 22.3. The fourth-order valence-electron chi connectivity index (χ4n) is 9.35. The second-order valence-electron chi connectivity index (χ2n) is 19.2. The number of hydrogen-bond donors (Lipinski definition) is 3. The number of carbonyl (C=O) groups excluding carboxylic acids is 6. The van der Waals surface area contributed by atoms with Gasteiger partial charge in [0.25, 0.3) is 14.2 Å². The molecule has 354 valence electrons. The van der Waals surface area contributed by atoms with Gasteiger partial charge in [0.2, 0.25) is 23.6 Å². The number of likely N-dealkylation sites (tertiary alicyclic amines) is 1. The van der Waals surface area contributed by atoms with Crippen molar-refractivity contribution in [3.05, 3.63) is 103 Å². The van der Waals surface area contributed by atoms with E-state index in [1.165, 1.54) is 4.90 Å². The van der Waals surface area contributed by atoms with E-state index in [-0.39, 0.29) is 48.5 Å². The van der Waals surface area contributed by atoms with Gasteiger partial charge in [0.1, 0.15) is 35.5 Å². The summed E-state index contributed by atoms with van der Waals surface area (Å²) >= 11 is 0. The van der Waals surface area contributed by atoms with E-state index in [0.29, 0.717) is 38.0 Å². The van der Waals surface area contributed by atoms with Gasteiger partial charge in [-0.3, -0.25) is 28.8 Å². The largest absolute Gasteiger partial charge is 0.484 e. The van der Waals surface area contributed by atoms with E-state index >= 15 is 0 Å². The summed E-state index contributed by atoms with van der Waals surface area (Å²) < 4.78 is 12.8. The van der Waals surface area contributed by atoms with Crippen molar-refractivity contribution in [1.29, 1.82) is 0 Å². The average molecular weight is 920 g/mol. The highest BCUT2D eigenvalue weighted by Gasteiger charge is 2.51. The fraction of sp³-hybridized carbons (Fsp3) is 0.500. The lowest BCUT2D eigenvalue weighted by atomic mass is 9.94. The smallest absolute Gasteiger partial charge is 0.262 e. The van der Waals surface area contributed by atoms with Gasteiger partial charge in [0, 0.05) is 26.1 Å². The third kappa shape index (κ3) is 11.9. The molecular weight excluding hydrogens is 851 g/mol. The number of unbranched alkanes of at least 4 members (excludes halogenated alkanes) is 1. The molecule has 0 aliphatic carbocycles. The fourth-order valence-corrected chi connectivity index (χ4v) is 14.0. The summed E-state index contributed by atoms with van der Waals surface area (Å²) in [6.45, 7) is 13.5. The van der Waals surface area contributed by atoms with Crippen LogP contribution in [0.2, 0.25) is 5.04 Å². The van der Waals surface area contributed by atoms with Gasteiger partial charge in [0.15, 0.2) is 12.4 Å². The Morgan fingerprint density at radius 2 is 1.47 bits per heavy atom. The summed E-state index contributed by atoms with van der Waals surface area (Å²) in [4.78, 5) is 86.1. The molecule has 3 fully saturated rings. The van der Waals surface area contributed by atoms with E-state index in [9.17, 15) is 28.8 Å². The van der Waals surface area contributed by atoms with Crippen LogP contribution in [0.5, 0.6) is 5.75 Å². The van der Waals surface area contributed by atoms with Crippen molar-refractivity contribution >= 4 is 54.0 Å². The summed E-state index contributed by atoms with van der Waals surface area (Å²) in [6.07, 6.45) is 8.22. The van der Waals surface area contributed by atoms with Crippen LogP contribution in [0.1, 0.15) is 105 Å². The Morgan fingerprint density at radius 3 is 2.08 bits per heavy atom. The van der Waals surface area contributed by atoms with Crippen LogP contribution in [0.25, 0.3) is 0 Å². The number of ether oxygens (including phenoxy) is 1. The molecular formula is C52H69N5O8Si. The lowest BCUT2D eigenvalue weighted by Crippen LogP contribution is -2.68. The molecule has 14 heteroatoms. The minimum Gasteiger partial charge on any atom is -0.484 e. The molecule has 3 N–H and O–H groups in total. The minimum atomic E-state index is -2.96. The van der Waals surface area contributed by atoms with Crippen molar-refractivity contribution in [2.45, 2.75) is 141 Å². The van der Waals surface area contributed by atoms with Gasteiger partial charge in [-0.2, -0.15) is 0 Å². The monoisotopic (exact) mass is 919 g/mol. The number of hydrogen-bond acceptors (Lipinski definition) is 8. The van der Waals surface area contributed by atoms with Crippen molar-refractivity contribution in [3.8, 4) is 5.75 Å². The summed E-state index contributed by atoms with van der Waals surface area (Å²) in [5.41, 5.74) is -0.649. The van der Waals surface area contributed by atoms with Crippen molar-refractivity contribution < 1.29 is 37.9 Å². The standard InChI is InChI=1S/C52H69N5O8Si/c1-7-52(6)50(63)54-43(35-38-28-30-39(31-29-38)64-36-46(59)56-32-18-11-19-33-56)49(62)57-34-20-26-44(57)48(61)53-42(47(60)55-52)25-16-10-17-27-45(58)37(2)65-66(51(3,4)5,40-21-12-8-13-22-40)41-23-14-9-15-24-41/h8-9,12-15,17,21-24,27-31,37,42-44H,7,10-11,16,18-20,25-26,32-36H2,1-6H3,(H,53,61)(H,54,63)(H,55,60)/b27-17+/t37-,42-,43-,44+,52-/m0/s1. The van der Waals surface area contributed by atoms with Gasteiger partial charge in [-0.15, -0.1) is 0 Å². The quantitative estimate of drug-likeness (QED) is 0.101. The Hall–Kier alpha value is -5.60. The number of amides is 5. The van der Waals surface area contributed by atoms with E-state index in [2.05, 4.69) is 61.0 Å². The molecule has 3 saturated heterocycles. The molecule has 3 aliphatic heterocycles. The number of nitrogens with one attached hydrogen (secondary N) is 3. The summed E-state index contributed by atoms with van der Waals surface area (Å²) in [7, 11) is -2.96. The van der Waals surface area contributed by atoms with Crippen LogP contribution >= 0.6 is 0 Å². The highest BCUT2D eigenvalue weighted by Crippen LogP contribution is 2.37. The minimum absolute atomic E-state index is 0.0493. The number of fused-ring (bicyclic) bond motifs is 1. The molecule has 0 bridgehead atoms. The summed E-state index contributed by atoms with van der Waals surface area (Å²) in [5.74, 6) is -1.52. The van der Waals surface area contributed by atoms with Gasteiger partial charge in [-0.25, -0.2) is 0 Å². The Balaban J connectivity index is 1.10. The molecule has 5 amide bonds. The first kappa shape index (κ1) is 49.8.